The lowest BCUT2D eigenvalue weighted by atomic mass is 10.2. The molecule has 1 heterocycles. The maximum absolute atomic E-state index is 12.8. The van der Waals surface area contributed by atoms with E-state index in [0.29, 0.717) is 22.9 Å². The van der Waals surface area contributed by atoms with Crippen LogP contribution in [0.5, 0.6) is 0 Å². The molecule has 0 bridgehead atoms. The number of carbonyl (C=O) groups excluding carboxylic acids is 2. The Balaban J connectivity index is 1.48. The fourth-order valence-electron chi connectivity index (χ4n) is 3.04. The van der Waals surface area contributed by atoms with Gasteiger partial charge in [-0.15, -0.1) is 0 Å². The van der Waals surface area contributed by atoms with E-state index >= 15 is 0 Å². The summed E-state index contributed by atoms with van der Waals surface area (Å²) >= 11 is 0. The summed E-state index contributed by atoms with van der Waals surface area (Å²) in [6.45, 7) is 1.52. The van der Waals surface area contributed by atoms with E-state index in [1.807, 2.05) is 36.4 Å². The molecule has 1 aliphatic rings. The Kier molecular flexibility index (Phi) is 5.31. The van der Waals surface area contributed by atoms with E-state index in [1.54, 1.807) is 35.0 Å². The molecule has 7 nitrogen and oxygen atoms in total. The second-order valence-corrected chi connectivity index (χ2v) is 7.20. The third-order valence-corrected chi connectivity index (χ3v) is 4.87. The van der Waals surface area contributed by atoms with E-state index in [2.05, 4.69) is 10.4 Å². The van der Waals surface area contributed by atoms with Crippen LogP contribution >= 0.6 is 0 Å². The van der Waals surface area contributed by atoms with Gasteiger partial charge in [0.15, 0.2) is 11.8 Å². The topological polar surface area (TPSA) is 97.0 Å². The Bertz CT molecular complexity index is 1110. The maximum atomic E-state index is 12.8. The number of hydrogen-bond donors (Lipinski definition) is 1. The van der Waals surface area contributed by atoms with Gasteiger partial charge in [0.05, 0.1) is 23.0 Å². The average molecular weight is 400 g/mol. The van der Waals surface area contributed by atoms with E-state index < -0.39 is 18.0 Å². The zero-order valence-electron chi connectivity index (χ0n) is 16.4. The van der Waals surface area contributed by atoms with Crippen LogP contribution in [0.15, 0.2) is 60.7 Å². The van der Waals surface area contributed by atoms with Crippen molar-refractivity contribution in [3.05, 3.63) is 77.6 Å². The molecule has 4 rings (SSSR count). The van der Waals surface area contributed by atoms with Crippen LogP contribution in [0.3, 0.4) is 0 Å². The van der Waals surface area contributed by atoms with Crippen molar-refractivity contribution < 1.29 is 14.3 Å². The van der Waals surface area contributed by atoms with Crippen molar-refractivity contribution in [2.45, 2.75) is 31.8 Å². The van der Waals surface area contributed by atoms with E-state index in [0.717, 1.165) is 24.2 Å². The molecule has 1 atom stereocenters. The van der Waals surface area contributed by atoms with Gasteiger partial charge in [-0.25, -0.2) is 9.48 Å². The summed E-state index contributed by atoms with van der Waals surface area (Å²) in [5.74, 6) is -0.694. The minimum atomic E-state index is -1.00. The molecule has 0 aliphatic heterocycles. The summed E-state index contributed by atoms with van der Waals surface area (Å²) in [6.07, 6.45) is 1.12. The Morgan fingerprint density at radius 2 is 1.87 bits per heavy atom. The van der Waals surface area contributed by atoms with Gasteiger partial charge < -0.3 is 10.1 Å². The van der Waals surface area contributed by atoms with Gasteiger partial charge in [-0.3, -0.25) is 4.79 Å². The Hall–Kier alpha value is -3.92. The molecule has 30 heavy (non-hydrogen) atoms. The quantitative estimate of drug-likeness (QED) is 0.635. The lowest BCUT2D eigenvalue weighted by molar-refractivity contribution is -0.123. The predicted octanol–water partition coefficient (Wildman–Crippen LogP) is 3.81. The fraction of sp³-hybridized carbons (Fsp3) is 0.217. The summed E-state index contributed by atoms with van der Waals surface area (Å²) in [5, 5.41) is 16.1. The van der Waals surface area contributed by atoms with Gasteiger partial charge in [0, 0.05) is 11.6 Å². The summed E-state index contributed by atoms with van der Waals surface area (Å²) in [7, 11) is 0. The number of nitrogens with one attached hydrogen (secondary N) is 1. The van der Waals surface area contributed by atoms with Crippen molar-refractivity contribution in [1.82, 2.24) is 9.78 Å². The number of nitriles is 1. The third kappa shape index (κ3) is 4.23. The molecule has 0 unspecified atom stereocenters. The zero-order chi connectivity index (χ0) is 21.1. The van der Waals surface area contributed by atoms with Crippen molar-refractivity contribution in [1.29, 1.82) is 5.26 Å². The summed E-state index contributed by atoms with van der Waals surface area (Å²) < 4.78 is 7.00. The van der Waals surface area contributed by atoms with Crippen LogP contribution in [0.1, 0.15) is 47.4 Å². The molecular weight excluding hydrogens is 380 g/mol. The highest BCUT2D eigenvalue weighted by Crippen LogP contribution is 2.39. The minimum absolute atomic E-state index is 0.293. The average Bonchev–Trinajstić information content (AvgIpc) is 3.52. The van der Waals surface area contributed by atoms with Gasteiger partial charge in [0.1, 0.15) is 0 Å². The molecule has 3 aromatic rings. The van der Waals surface area contributed by atoms with Gasteiger partial charge in [0.2, 0.25) is 0 Å². The van der Waals surface area contributed by atoms with Crippen LogP contribution in [-0.2, 0) is 9.53 Å². The van der Waals surface area contributed by atoms with Gasteiger partial charge in [0.25, 0.3) is 5.91 Å². The van der Waals surface area contributed by atoms with Crippen molar-refractivity contribution in [3.8, 4) is 11.8 Å². The van der Waals surface area contributed by atoms with Crippen LogP contribution in [-0.4, -0.2) is 27.8 Å². The van der Waals surface area contributed by atoms with Gasteiger partial charge in [-0.1, -0.05) is 18.2 Å². The zero-order valence-corrected chi connectivity index (χ0v) is 16.4. The van der Waals surface area contributed by atoms with Crippen LogP contribution in [0.25, 0.3) is 5.69 Å². The molecule has 1 saturated carbocycles. The fourth-order valence-corrected chi connectivity index (χ4v) is 3.04. The molecule has 7 heteroatoms. The minimum Gasteiger partial charge on any atom is -0.448 e. The lowest BCUT2D eigenvalue weighted by Gasteiger charge is -2.14. The van der Waals surface area contributed by atoms with Gasteiger partial charge in [-0.05, 0) is 62.2 Å². The highest BCUT2D eigenvalue weighted by Gasteiger charge is 2.30. The second-order valence-electron chi connectivity index (χ2n) is 7.20. The van der Waals surface area contributed by atoms with Crippen LogP contribution in [0, 0.1) is 11.3 Å². The molecule has 1 amide bonds. The first-order chi connectivity index (χ1) is 14.5. The number of para-hydroxylation sites is 1. The van der Waals surface area contributed by atoms with Crippen molar-refractivity contribution in [3.63, 3.8) is 0 Å². The van der Waals surface area contributed by atoms with E-state index in [4.69, 9.17) is 10.00 Å². The van der Waals surface area contributed by atoms with Crippen LogP contribution in [0.4, 0.5) is 5.69 Å². The standard InChI is InChI=1S/C23H20N4O3/c1-15(22(28)25-18-11-7-16(14-24)8-12-18)30-23(29)21-13-20(17-9-10-17)26-27(21)19-5-3-2-4-6-19/h2-8,11-13,15,17H,9-10H2,1H3,(H,25,28)/t15-/m1/s1. The molecule has 150 valence electrons. The first-order valence-corrected chi connectivity index (χ1v) is 9.72. The number of nitrogens with zero attached hydrogens (tertiary/aromatic N) is 3. The first kappa shape index (κ1) is 19.4. The van der Waals surface area contributed by atoms with Crippen molar-refractivity contribution in [2.75, 3.05) is 5.32 Å². The number of hydrogen-bond acceptors (Lipinski definition) is 5. The summed E-state index contributed by atoms with van der Waals surface area (Å²) in [5.41, 5.74) is 2.92. The Morgan fingerprint density at radius 1 is 1.17 bits per heavy atom. The number of aromatic nitrogens is 2. The summed E-state index contributed by atoms with van der Waals surface area (Å²) in [4.78, 5) is 25.3. The van der Waals surface area contributed by atoms with Gasteiger partial charge in [-0.2, -0.15) is 10.4 Å². The molecule has 0 radical (unpaired) electrons. The molecule has 1 aromatic heterocycles. The molecule has 1 N–H and O–H groups in total. The Labute approximate surface area is 173 Å². The van der Waals surface area contributed by atoms with E-state index in [-0.39, 0.29) is 0 Å². The van der Waals surface area contributed by atoms with E-state index in [1.165, 1.54) is 6.92 Å². The van der Waals surface area contributed by atoms with Crippen LogP contribution in [0.2, 0.25) is 0 Å². The van der Waals surface area contributed by atoms with E-state index in [9.17, 15) is 9.59 Å². The number of amides is 1. The van der Waals surface area contributed by atoms with Gasteiger partial charge >= 0.3 is 5.97 Å². The largest absolute Gasteiger partial charge is 0.448 e. The maximum Gasteiger partial charge on any atom is 0.357 e. The number of anilines is 1. The molecule has 1 fully saturated rings. The third-order valence-electron chi connectivity index (χ3n) is 4.87. The SMILES string of the molecule is C[C@@H](OC(=O)c1cc(C2CC2)nn1-c1ccccc1)C(=O)Nc1ccc(C#N)cc1. The monoisotopic (exact) mass is 400 g/mol. The number of carbonyl (C=O) groups is 2. The summed E-state index contributed by atoms with van der Waals surface area (Å²) in [6, 6.07) is 19.6. The molecule has 0 saturated heterocycles. The normalized spacial score (nSPS) is 13.9. The first-order valence-electron chi connectivity index (χ1n) is 9.72. The van der Waals surface area contributed by atoms with Crippen molar-refractivity contribution in [2.24, 2.45) is 0 Å². The van der Waals surface area contributed by atoms with Crippen LogP contribution < -0.4 is 5.32 Å². The molecule has 0 spiro atoms. The lowest BCUT2D eigenvalue weighted by Crippen LogP contribution is -2.30. The second kappa shape index (κ2) is 8.21. The highest BCUT2D eigenvalue weighted by molar-refractivity contribution is 5.97. The number of rotatable bonds is 6. The number of benzene rings is 2. The smallest absolute Gasteiger partial charge is 0.357 e. The molecule has 1 aliphatic carbocycles. The number of ether oxygens (including phenoxy) is 1. The highest BCUT2D eigenvalue weighted by atomic mass is 16.5. The predicted molar refractivity (Wildman–Crippen MR) is 110 cm³/mol. The Morgan fingerprint density at radius 3 is 2.50 bits per heavy atom. The molecular formula is C23H20N4O3. The molecule has 2 aromatic carbocycles. The van der Waals surface area contributed by atoms with Crippen molar-refractivity contribution >= 4 is 17.6 Å². The number of esters is 1.